The van der Waals surface area contributed by atoms with Gasteiger partial charge in [-0.1, -0.05) is 12.1 Å². The van der Waals surface area contributed by atoms with Gasteiger partial charge in [0.1, 0.15) is 12.4 Å². The second-order valence-electron chi connectivity index (χ2n) is 6.14. The van der Waals surface area contributed by atoms with E-state index in [1.54, 1.807) is 42.6 Å². The Morgan fingerprint density at radius 2 is 1.79 bits per heavy atom. The third-order valence-corrected chi connectivity index (χ3v) is 4.34. The van der Waals surface area contributed by atoms with Crippen molar-refractivity contribution in [2.24, 2.45) is 5.92 Å². The predicted octanol–water partition coefficient (Wildman–Crippen LogP) is 1.57. The number of carbonyl (C=O) groups excluding carboxylic acids is 2. The molecule has 3 aromatic rings. The zero-order chi connectivity index (χ0) is 20.8. The van der Waals surface area contributed by atoms with Gasteiger partial charge in [0.2, 0.25) is 0 Å². The number of methoxy groups -OCH3 is 2. The molecule has 0 N–H and O–H groups in total. The van der Waals surface area contributed by atoms with Gasteiger partial charge in [0.15, 0.2) is 17.1 Å². The van der Waals surface area contributed by atoms with E-state index in [-0.39, 0.29) is 19.6 Å². The molecule has 0 spiro atoms. The number of rotatable bonds is 8. The van der Waals surface area contributed by atoms with Gasteiger partial charge in [-0.25, -0.2) is 9.78 Å². The summed E-state index contributed by atoms with van der Waals surface area (Å²) in [6.45, 7) is 0.509. The number of oxazole rings is 1. The van der Waals surface area contributed by atoms with Crippen molar-refractivity contribution in [2.45, 2.75) is 13.0 Å². The molecule has 2 aromatic heterocycles. The Bertz CT molecular complexity index is 1040. The maximum absolute atomic E-state index is 11.9. The molecule has 1 aromatic carbocycles. The minimum absolute atomic E-state index is 0.154. The fraction of sp³-hybridized carbons (Fsp3) is 0.300. The van der Waals surface area contributed by atoms with E-state index >= 15 is 0 Å². The highest BCUT2D eigenvalue weighted by molar-refractivity contribution is 5.95. The highest BCUT2D eigenvalue weighted by Gasteiger charge is 2.28. The summed E-state index contributed by atoms with van der Waals surface area (Å²) in [6, 6.07) is 10.3. The first kappa shape index (κ1) is 20.1. The summed E-state index contributed by atoms with van der Waals surface area (Å²) in [5.41, 5.74) is 1.64. The average Bonchev–Trinajstić information content (AvgIpc) is 3.07. The van der Waals surface area contributed by atoms with Crippen molar-refractivity contribution in [3.05, 3.63) is 58.7 Å². The van der Waals surface area contributed by atoms with Crippen molar-refractivity contribution in [3.63, 3.8) is 0 Å². The molecule has 0 amide bonds. The molecule has 0 aliphatic carbocycles. The number of pyridine rings is 1. The summed E-state index contributed by atoms with van der Waals surface area (Å²) in [6.07, 6.45) is 1.74. The van der Waals surface area contributed by atoms with E-state index in [4.69, 9.17) is 9.15 Å². The zero-order valence-corrected chi connectivity index (χ0v) is 16.0. The lowest BCUT2D eigenvalue weighted by Crippen LogP contribution is -2.28. The van der Waals surface area contributed by atoms with Gasteiger partial charge in [-0.15, -0.1) is 0 Å². The zero-order valence-electron chi connectivity index (χ0n) is 16.0. The quantitative estimate of drug-likeness (QED) is 0.414. The van der Waals surface area contributed by atoms with E-state index < -0.39 is 23.6 Å². The average molecular weight is 400 g/mol. The van der Waals surface area contributed by atoms with Crippen LogP contribution in [0.5, 0.6) is 5.75 Å². The van der Waals surface area contributed by atoms with E-state index in [0.717, 1.165) is 5.56 Å². The first-order valence-electron chi connectivity index (χ1n) is 8.85. The predicted molar refractivity (Wildman–Crippen MR) is 101 cm³/mol. The van der Waals surface area contributed by atoms with Gasteiger partial charge in [0.05, 0.1) is 20.8 Å². The number of carbonyl (C=O) groups is 2. The molecule has 29 heavy (non-hydrogen) atoms. The van der Waals surface area contributed by atoms with Crippen LogP contribution >= 0.6 is 0 Å². The summed E-state index contributed by atoms with van der Waals surface area (Å²) < 4.78 is 21.5. The monoisotopic (exact) mass is 400 g/mol. The van der Waals surface area contributed by atoms with Crippen LogP contribution < -0.4 is 10.5 Å². The molecule has 2 heterocycles. The first-order chi connectivity index (χ1) is 14.0. The van der Waals surface area contributed by atoms with Crippen molar-refractivity contribution in [2.75, 3.05) is 20.8 Å². The Kier molecular flexibility index (Phi) is 6.28. The molecule has 0 aliphatic heterocycles. The van der Waals surface area contributed by atoms with Crippen LogP contribution in [0, 0.1) is 5.92 Å². The van der Waals surface area contributed by atoms with Crippen molar-refractivity contribution in [1.29, 1.82) is 0 Å². The van der Waals surface area contributed by atoms with Gasteiger partial charge in [0, 0.05) is 6.20 Å². The fourth-order valence-corrected chi connectivity index (χ4v) is 2.86. The molecule has 0 saturated heterocycles. The van der Waals surface area contributed by atoms with Crippen molar-refractivity contribution >= 4 is 23.2 Å². The smallest absolute Gasteiger partial charge is 0.421 e. The molecular formula is C20H20N2O7. The second kappa shape index (κ2) is 9.05. The summed E-state index contributed by atoms with van der Waals surface area (Å²) in [5.74, 6) is -2.23. The molecule has 0 aliphatic rings. The molecule has 0 atom stereocenters. The maximum Gasteiger partial charge on any atom is 0.421 e. The van der Waals surface area contributed by atoms with E-state index in [1.165, 1.54) is 18.8 Å². The molecule has 9 nitrogen and oxygen atoms in total. The molecule has 9 heteroatoms. The SMILES string of the molecule is COC(=O)C(Cc1ccc(OCCn2c(=O)oc3cccnc32)cc1)C(=O)OC. The maximum atomic E-state index is 11.9. The van der Waals surface area contributed by atoms with Crippen LogP contribution in [0.3, 0.4) is 0 Å². The van der Waals surface area contributed by atoms with Crippen molar-refractivity contribution < 1.29 is 28.2 Å². The molecule has 0 fully saturated rings. The van der Waals surface area contributed by atoms with Crippen molar-refractivity contribution in [3.8, 4) is 5.75 Å². The number of aromatic nitrogens is 2. The lowest BCUT2D eigenvalue weighted by Gasteiger charge is -2.13. The summed E-state index contributed by atoms with van der Waals surface area (Å²) in [7, 11) is 2.44. The van der Waals surface area contributed by atoms with Crippen LogP contribution in [0.25, 0.3) is 11.2 Å². The lowest BCUT2D eigenvalue weighted by atomic mass is 9.99. The molecule has 152 valence electrons. The summed E-state index contributed by atoms with van der Waals surface area (Å²) in [5, 5.41) is 0. The van der Waals surface area contributed by atoms with Crippen LogP contribution in [0.1, 0.15) is 5.56 Å². The Balaban J connectivity index is 1.60. The largest absolute Gasteiger partial charge is 0.492 e. The van der Waals surface area contributed by atoms with Gasteiger partial charge in [-0.2, -0.15) is 0 Å². The Labute approximate surface area is 165 Å². The number of benzene rings is 1. The van der Waals surface area contributed by atoms with Crippen molar-refractivity contribution in [1.82, 2.24) is 9.55 Å². The van der Waals surface area contributed by atoms with Crippen LogP contribution in [0.4, 0.5) is 0 Å². The minimum atomic E-state index is -1.02. The normalized spacial score (nSPS) is 10.9. The van der Waals surface area contributed by atoms with Crippen LogP contribution in [0.15, 0.2) is 51.8 Å². The topological polar surface area (TPSA) is 110 Å². The van der Waals surface area contributed by atoms with Crippen LogP contribution in [-0.2, 0) is 32.0 Å². The Morgan fingerprint density at radius 3 is 2.45 bits per heavy atom. The fourth-order valence-electron chi connectivity index (χ4n) is 2.86. The van der Waals surface area contributed by atoms with E-state index in [0.29, 0.717) is 17.0 Å². The first-order valence-corrected chi connectivity index (χ1v) is 8.85. The van der Waals surface area contributed by atoms with E-state index in [1.807, 2.05) is 0 Å². The second-order valence-corrected chi connectivity index (χ2v) is 6.14. The van der Waals surface area contributed by atoms with Gasteiger partial charge >= 0.3 is 17.7 Å². The molecule has 3 rings (SSSR count). The summed E-state index contributed by atoms with van der Waals surface area (Å²) >= 11 is 0. The minimum Gasteiger partial charge on any atom is -0.492 e. The standard InChI is InChI=1S/C20H20N2O7/c1-26-18(23)15(19(24)27-2)12-13-5-7-14(8-6-13)28-11-10-22-17-16(29-20(22)25)4-3-9-21-17/h3-9,15H,10-12H2,1-2H3. The van der Waals surface area contributed by atoms with Crippen LogP contribution in [-0.4, -0.2) is 42.3 Å². The number of esters is 2. The molecule has 0 saturated carbocycles. The van der Waals surface area contributed by atoms with Gasteiger partial charge in [-0.05, 0) is 36.2 Å². The third kappa shape index (κ3) is 4.63. The van der Waals surface area contributed by atoms with E-state index in [2.05, 4.69) is 14.5 Å². The number of ether oxygens (including phenoxy) is 3. The highest BCUT2D eigenvalue weighted by Crippen LogP contribution is 2.17. The van der Waals surface area contributed by atoms with Gasteiger partial charge in [0.25, 0.3) is 0 Å². The number of hydrogen-bond donors (Lipinski definition) is 0. The number of nitrogens with zero attached hydrogens (tertiary/aromatic N) is 2. The Morgan fingerprint density at radius 1 is 1.10 bits per heavy atom. The van der Waals surface area contributed by atoms with Gasteiger partial charge in [-0.3, -0.25) is 14.2 Å². The molecule has 0 bridgehead atoms. The lowest BCUT2D eigenvalue weighted by molar-refractivity contribution is -0.158. The van der Waals surface area contributed by atoms with E-state index in [9.17, 15) is 14.4 Å². The molecule has 0 unspecified atom stereocenters. The van der Waals surface area contributed by atoms with Gasteiger partial charge < -0.3 is 18.6 Å². The summed E-state index contributed by atoms with van der Waals surface area (Å²) in [4.78, 5) is 39.6. The number of hydrogen-bond acceptors (Lipinski definition) is 8. The molecular weight excluding hydrogens is 380 g/mol. The molecule has 0 radical (unpaired) electrons. The van der Waals surface area contributed by atoms with Crippen LogP contribution in [0.2, 0.25) is 0 Å². The highest BCUT2D eigenvalue weighted by atomic mass is 16.5. The third-order valence-electron chi connectivity index (χ3n) is 4.34. The Hall–Kier alpha value is -3.62. The number of fused-ring (bicyclic) bond motifs is 1.